The second kappa shape index (κ2) is 7.04. The first-order valence-electron chi connectivity index (χ1n) is 7.31. The predicted molar refractivity (Wildman–Crippen MR) is 83.6 cm³/mol. The monoisotopic (exact) mass is 310 g/mol. The lowest BCUT2D eigenvalue weighted by atomic mass is 10.1. The van der Waals surface area contributed by atoms with E-state index in [2.05, 4.69) is 10.6 Å². The van der Waals surface area contributed by atoms with Crippen LogP contribution in [0.1, 0.15) is 41.4 Å². The van der Waals surface area contributed by atoms with Gasteiger partial charge in [0.2, 0.25) is 5.91 Å². The number of thiophene rings is 1. The van der Waals surface area contributed by atoms with Gasteiger partial charge in [-0.05, 0) is 43.7 Å². The molecule has 2 amide bonds. The van der Waals surface area contributed by atoms with Crippen molar-refractivity contribution in [2.24, 2.45) is 11.8 Å². The molecule has 116 valence electrons. The lowest BCUT2D eigenvalue weighted by Gasteiger charge is -2.10. The molecule has 1 saturated carbocycles. The highest BCUT2D eigenvalue weighted by Crippen LogP contribution is 2.32. The Bertz CT molecular complexity index is 523. The van der Waals surface area contributed by atoms with Crippen molar-refractivity contribution in [2.75, 3.05) is 18.5 Å². The first-order chi connectivity index (χ1) is 10.0. The van der Waals surface area contributed by atoms with Crippen LogP contribution in [0, 0.1) is 18.8 Å². The molecule has 1 aromatic heterocycles. The van der Waals surface area contributed by atoms with Crippen LogP contribution < -0.4 is 10.6 Å². The fraction of sp³-hybridized carbons (Fsp3) is 0.600. The van der Waals surface area contributed by atoms with Crippen molar-refractivity contribution in [1.29, 1.82) is 0 Å². The smallest absolute Gasteiger partial charge is 0.261 e. The van der Waals surface area contributed by atoms with Gasteiger partial charge in [-0.2, -0.15) is 0 Å². The molecule has 5 nitrogen and oxygen atoms in total. The van der Waals surface area contributed by atoms with Gasteiger partial charge < -0.3 is 15.7 Å². The van der Waals surface area contributed by atoms with Gasteiger partial charge in [0.25, 0.3) is 5.91 Å². The molecular weight excluding hydrogens is 288 g/mol. The molecule has 1 aromatic rings. The molecule has 1 fully saturated rings. The van der Waals surface area contributed by atoms with Crippen molar-refractivity contribution >= 4 is 28.2 Å². The van der Waals surface area contributed by atoms with E-state index in [-0.39, 0.29) is 30.3 Å². The normalized spacial score (nSPS) is 15.6. The Balaban J connectivity index is 1.91. The standard InChI is InChI=1S/C15H22N2O3S/c1-9(5-6-18)8-16-15(20)13-10(2)7-12(21-13)17-14(19)11-3-4-11/h7,9,11,18H,3-6,8H2,1-2H3,(H,16,20)(H,17,19). The van der Waals surface area contributed by atoms with Crippen molar-refractivity contribution in [3.05, 3.63) is 16.5 Å². The molecule has 0 aromatic carbocycles. The Kier molecular flexibility index (Phi) is 5.36. The molecule has 0 aliphatic heterocycles. The van der Waals surface area contributed by atoms with Crippen LogP contribution in [0.15, 0.2) is 6.07 Å². The summed E-state index contributed by atoms with van der Waals surface area (Å²) in [5.41, 5.74) is 0.874. The minimum atomic E-state index is -0.116. The maximum absolute atomic E-state index is 12.1. The minimum Gasteiger partial charge on any atom is -0.396 e. The minimum absolute atomic E-state index is 0.0553. The molecule has 6 heteroatoms. The van der Waals surface area contributed by atoms with Crippen molar-refractivity contribution < 1.29 is 14.7 Å². The van der Waals surface area contributed by atoms with E-state index < -0.39 is 0 Å². The van der Waals surface area contributed by atoms with E-state index in [4.69, 9.17) is 5.11 Å². The first-order valence-corrected chi connectivity index (χ1v) is 8.13. The molecule has 0 bridgehead atoms. The van der Waals surface area contributed by atoms with Crippen LogP contribution in [0.2, 0.25) is 0 Å². The van der Waals surface area contributed by atoms with Gasteiger partial charge in [0.05, 0.1) is 9.88 Å². The summed E-state index contributed by atoms with van der Waals surface area (Å²) in [6.07, 6.45) is 2.60. The zero-order valence-corrected chi connectivity index (χ0v) is 13.3. The van der Waals surface area contributed by atoms with Gasteiger partial charge in [0, 0.05) is 19.1 Å². The molecule has 3 N–H and O–H groups in total. The summed E-state index contributed by atoms with van der Waals surface area (Å²) >= 11 is 1.31. The third-order valence-corrected chi connectivity index (χ3v) is 4.70. The summed E-state index contributed by atoms with van der Waals surface area (Å²) in [5, 5.41) is 15.3. The van der Waals surface area contributed by atoms with E-state index >= 15 is 0 Å². The van der Waals surface area contributed by atoms with Crippen LogP contribution in [-0.4, -0.2) is 30.1 Å². The third kappa shape index (κ3) is 4.54. The van der Waals surface area contributed by atoms with Crippen LogP contribution in [0.3, 0.4) is 0 Å². The van der Waals surface area contributed by atoms with Crippen molar-refractivity contribution in [3.8, 4) is 0 Å². The number of hydrogen-bond acceptors (Lipinski definition) is 4. The van der Waals surface area contributed by atoms with Gasteiger partial charge in [-0.1, -0.05) is 6.92 Å². The Labute approximate surface area is 128 Å². The average molecular weight is 310 g/mol. The zero-order valence-electron chi connectivity index (χ0n) is 12.4. The summed E-state index contributed by atoms with van der Waals surface area (Å²) in [4.78, 5) is 24.5. The number of carbonyl (C=O) groups excluding carboxylic acids is 2. The number of amides is 2. The number of aliphatic hydroxyl groups is 1. The van der Waals surface area contributed by atoms with Crippen molar-refractivity contribution in [3.63, 3.8) is 0 Å². The summed E-state index contributed by atoms with van der Waals surface area (Å²) in [5.74, 6) is 0.339. The fourth-order valence-electron chi connectivity index (χ4n) is 2.01. The average Bonchev–Trinajstić information content (AvgIpc) is 3.21. The van der Waals surface area contributed by atoms with Gasteiger partial charge in [0.15, 0.2) is 0 Å². The molecule has 1 unspecified atom stereocenters. The summed E-state index contributed by atoms with van der Waals surface area (Å²) < 4.78 is 0. The van der Waals surface area contributed by atoms with Crippen molar-refractivity contribution in [1.82, 2.24) is 5.32 Å². The highest BCUT2D eigenvalue weighted by molar-refractivity contribution is 7.18. The zero-order chi connectivity index (χ0) is 15.4. The molecule has 0 radical (unpaired) electrons. The van der Waals surface area contributed by atoms with Crippen LogP contribution in [-0.2, 0) is 4.79 Å². The number of aryl methyl sites for hydroxylation is 1. The molecule has 0 saturated heterocycles. The largest absolute Gasteiger partial charge is 0.396 e. The molecule has 1 aliphatic carbocycles. The summed E-state index contributed by atoms with van der Waals surface area (Å²) in [7, 11) is 0. The predicted octanol–water partition coefficient (Wildman–Crippen LogP) is 2.15. The van der Waals surface area contributed by atoms with Crippen LogP contribution in [0.5, 0.6) is 0 Å². The molecule has 0 spiro atoms. The van der Waals surface area contributed by atoms with E-state index in [1.165, 1.54) is 11.3 Å². The van der Waals surface area contributed by atoms with Crippen LogP contribution in [0.25, 0.3) is 0 Å². The van der Waals surface area contributed by atoms with E-state index in [1.807, 2.05) is 19.9 Å². The lowest BCUT2D eigenvalue weighted by Crippen LogP contribution is -2.28. The molecule has 21 heavy (non-hydrogen) atoms. The van der Waals surface area contributed by atoms with Crippen LogP contribution >= 0.6 is 11.3 Å². The van der Waals surface area contributed by atoms with Gasteiger partial charge >= 0.3 is 0 Å². The highest BCUT2D eigenvalue weighted by Gasteiger charge is 2.30. The maximum atomic E-state index is 12.1. The number of carbonyl (C=O) groups is 2. The van der Waals surface area contributed by atoms with Gasteiger partial charge in [0.1, 0.15) is 0 Å². The highest BCUT2D eigenvalue weighted by atomic mass is 32.1. The van der Waals surface area contributed by atoms with Gasteiger partial charge in [-0.25, -0.2) is 0 Å². The second-order valence-corrected chi connectivity index (χ2v) is 6.77. The van der Waals surface area contributed by atoms with E-state index in [9.17, 15) is 9.59 Å². The molecule has 1 heterocycles. The number of aliphatic hydroxyl groups excluding tert-OH is 1. The van der Waals surface area contributed by atoms with Crippen LogP contribution in [0.4, 0.5) is 5.00 Å². The van der Waals surface area contributed by atoms with E-state index in [1.54, 1.807) is 0 Å². The number of hydrogen-bond donors (Lipinski definition) is 3. The lowest BCUT2D eigenvalue weighted by molar-refractivity contribution is -0.117. The van der Waals surface area contributed by atoms with Gasteiger partial charge in [-0.3, -0.25) is 9.59 Å². The fourth-order valence-corrected chi connectivity index (χ4v) is 3.00. The Morgan fingerprint density at radius 2 is 2.19 bits per heavy atom. The number of nitrogens with one attached hydrogen (secondary N) is 2. The Morgan fingerprint density at radius 3 is 2.81 bits per heavy atom. The Hall–Kier alpha value is -1.40. The summed E-state index contributed by atoms with van der Waals surface area (Å²) in [6.45, 7) is 4.53. The molecular formula is C15H22N2O3S. The number of rotatable bonds is 7. The first kappa shape index (κ1) is 16.0. The number of anilines is 1. The SMILES string of the molecule is Cc1cc(NC(=O)C2CC2)sc1C(=O)NCC(C)CCO. The van der Waals surface area contributed by atoms with Crippen molar-refractivity contribution in [2.45, 2.75) is 33.1 Å². The second-order valence-electron chi connectivity index (χ2n) is 5.71. The molecule has 2 rings (SSSR count). The Morgan fingerprint density at radius 1 is 1.48 bits per heavy atom. The molecule has 1 atom stereocenters. The summed E-state index contributed by atoms with van der Waals surface area (Å²) in [6, 6.07) is 1.84. The molecule has 1 aliphatic rings. The van der Waals surface area contributed by atoms with Gasteiger partial charge in [-0.15, -0.1) is 11.3 Å². The van der Waals surface area contributed by atoms with E-state index in [0.717, 1.165) is 23.4 Å². The third-order valence-electron chi connectivity index (χ3n) is 3.55. The quantitative estimate of drug-likeness (QED) is 0.722. The topological polar surface area (TPSA) is 78.4 Å². The van der Waals surface area contributed by atoms with E-state index in [0.29, 0.717) is 17.8 Å². The maximum Gasteiger partial charge on any atom is 0.261 e.